The van der Waals surface area contributed by atoms with Gasteiger partial charge in [-0.1, -0.05) is 53.6 Å². The number of carbonyl (C=O) groups is 2. The third kappa shape index (κ3) is 6.25. The molecule has 7 nitrogen and oxygen atoms in total. The van der Waals surface area contributed by atoms with E-state index in [0.29, 0.717) is 13.0 Å². The van der Waals surface area contributed by atoms with E-state index in [9.17, 15) is 9.59 Å². The van der Waals surface area contributed by atoms with E-state index in [1.54, 1.807) is 13.8 Å². The van der Waals surface area contributed by atoms with Crippen LogP contribution in [0.5, 0.6) is 11.5 Å². The molecule has 2 aliphatic rings. The molecule has 7 heteroatoms. The first-order chi connectivity index (χ1) is 19.8. The van der Waals surface area contributed by atoms with Crippen molar-refractivity contribution in [1.82, 2.24) is 0 Å². The van der Waals surface area contributed by atoms with Gasteiger partial charge < -0.3 is 23.7 Å². The smallest absolute Gasteiger partial charge is 0.324 e. The zero-order chi connectivity index (χ0) is 29.0. The highest BCUT2D eigenvalue weighted by Gasteiger charge is 2.53. The van der Waals surface area contributed by atoms with Gasteiger partial charge in [-0.25, -0.2) is 0 Å². The minimum absolute atomic E-state index is 0.200. The first kappa shape index (κ1) is 28.7. The summed E-state index contributed by atoms with van der Waals surface area (Å²) in [5.74, 6) is 0.498. The molecule has 216 valence electrons. The van der Waals surface area contributed by atoms with Crippen molar-refractivity contribution >= 4 is 11.9 Å². The molecule has 41 heavy (non-hydrogen) atoms. The maximum absolute atomic E-state index is 13.0. The zero-order valence-corrected chi connectivity index (χ0v) is 24.2. The van der Waals surface area contributed by atoms with Crippen molar-refractivity contribution < 1.29 is 33.3 Å². The summed E-state index contributed by atoms with van der Waals surface area (Å²) >= 11 is 0. The summed E-state index contributed by atoms with van der Waals surface area (Å²) in [5, 5.41) is 0. The predicted molar refractivity (Wildman–Crippen MR) is 154 cm³/mol. The van der Waals surface area contributed by atoms with Crippen molar-refractivity contribution in [1.29, 1.82) is 0 Å². The monoisotopic (exact) mass is 558 g/mol. The van der Waals surface area contributed by atoms with Crippen LogP contribution >= 0.6 is 0 Å². The number of aryl methyl sites for hydroxylation is 2. The van der Waals surface area contributed by atoms with Gasteiger partial charge in [-0.15, -0.1) is 0 Å². The fourth-order valence-corrected chi connectivity index (χ4v) is 5.61. The van der Waals surface area contributed by atoms with Crippen LogP contribution in [0.4, 0.5) is 0 Å². The van der Waals surface area contributed by atoms with Gasteiger partial charge in [-0.2, -0.15) is 0 Å². The topological polar surface area (TPSA) is 80.3 Å². The summed E-state index contributed by atoms with van der Waals surface area (Å²) < 4.78 is 29.7. The molecule has 0 saturated carbocycles. The third-order valence-electron chi connectivity index (χ3n) is 7.86. The molecule has 1 aliphatic carbocycles. The highest BCUT2D eigenvalue weighted by molar-refractivity contribution is 6.01. The lowest BCUT2D eigenvalue weighted by Gasteiger charge is -2.24. The van der Waals surface area contributed by atoms with E-state index in [0.717, 1.165) is 33.8 Å². The molecular weight excluding hydrogens is 520 g/mol. The number of esters is 2. The molecule has 3 aromatic rings. The Hall–Kier alpha value is -3.84. The first-order valence-electron chi connectivity index (χ1n) is 14.4. The van der Waals surface area contributed by atoms with Crippen LogP contribution in [0.1, 0.15) is 54.2 Å². The van der Waals surface area contributed by atoms with Crippen molar-refractivity contribution in [2.75, 3.05) is 19.8 Å². The second-order valence-corrected chi connectivity index (χ2v) is 10.9. The van der Waals surface area contributed by atoms with Gasteiger partial charge >= 0.3 is 11.9 Å². The van der Waals surface area contributed by atoms with Crippen LogP contribution in [0.2, 0.25) is 0 Å². The SMILES string of the molecule is CCOC(=O)C1(C(=O)OCC)Cc2ccc([C@H]3C[C@H](Oc4ccc(C)cc4)[C@@H](COc4ccc(C)cc4)O3)cc2C1. The van der Waals surface area contributed by atoms with Crippen LogP contribution in [0.3, 0.4) is 0 Å². The van der Waals surface area contributed by atoms with Crippen LogP contribution in [0, 0.1) is 19.3 Å². The number of hydrogen-bond donors (Lipinski definition) is 0. The van der Waals surface area contributed by atoms with Gasteiger partial charge in [0.15, 0.2) is 5.41 Å². The molecule has 3 aromatic carbocycles. The Morgan fingerprint density at radius 1 is 0.805 bits per heavy atom. The minimum atomic E-state index is -1.36. The van der Waals surface area contributed by atoms with E-state index in [-0.39, 0.29) is 44.4 Å². The summed E-state index contributed by atoms with van der Waals surface area (Å²) in [5.41, 5.74) is 3.83. The molecule has 1 saturated heterocycles. The summed E-state index contributed by atoms with van der Waals surface area (Å²) in [7, 11) is 0. The molecule has 0 spiro atoms. The number of fused-ring (bicyclic) bond motifs is 1. The van der Waals surface area contributed by atoms with Crippen molar-refractivity contribution in [2.24, 2.45) is 5.41 Å². The largest absolute Gasteiger partial charge is 0.491 e. The van der Waals surface area contributed by atoms with Crippen molar-refractivity contribution in [3.63, 3.8) is 0 Å². The predicted octanol–water partition coefficient (Wildman–Crippen LogP) is 5.87. The Kier molecular flexibility index (Phi) is 8.64. The Morgan fingerprint density at radius 2 is 1.39 bits per heavy atom. The second-order valence-electron chi connectivity index (χ2n) is 10.9. The Balaban J connectivity index is 1.36. The van der Waals surface area contributed by atoms with Gasteiger partial charge in [-0.05, 0) is 81.5 Å². The second kappa shape index (κ2) is 12.4. The Labute approximate surface area is 241 Å². The number of ether oxygens (including phenoxy) is 5. The van der Waals surface area contributed by atoms with Gasteiger partial charge in [0.2, 0.25) is 0 Å². The molecule has 0 bridgehead atoms. The lowest BCUT2D eigenvalue weighted by Crippen LogP contribution is -2.43. The maximum Gasteiger partial charge on any atom is 0.324 e. The van der Waals surface area contributed by atoms with E-state index in [1.165, 1.54) is 5.56 Å². The number of benzene rings is 3. The van der Waals surface area contributed by atoms with E-state index in [2.05, 4.69) is 0 Å². The van der Waals surface area contributed by atoms with E-state index >= 15 is 0 Å². The quantitative estimate of drug-likeness (QED) is 0.227. The molecule has 0 amide bonds. The number of rotatable bonds is 10. The fraction of sp³-hybridized carbons (Fsp3) is 0.412. The first-order valence-corrected chi connectivity index (χ1v) is 14.4. The standard InChI is InChI=1S/C34H38O7/c1-5-37-32(35)34(33(36)38-6-2)19-25-12-11-24(17-26(25)20-34)29-18-30(40-28-15-9-23(4)10-16-28)31(41-29)21-39-27-13-7-22(3)8-14-27/h7-17,29-31H,5-6,18-21H2,1-4H3/t29-,30+,31-/m1/s1. The highest BCUT2D eigenvalue weighted by atomic mass is 16.6. The average molecular weight is 559 g/mol. The number of hydrogen-bond acceptors (Lipinski definition) is 7. The molecule has 1 heterocycles. The van der Waals surface area contributed by atoms with Crippen LogP contribution in [-0.4, -0.2) is 44.0 Å². The van der Waals surface area contributed by atoms with Crippen molar-refractivity contribution in [3.8, 4) is 11.5 Å². The van der Waals surface area contributed by atoms with E-state index < -0.39 is 17.4 Å². The van der Waals surface area contributed by atoms with E-state index in [4.69, 9.17) is 23.7 Å². The van der Waals surface area contributed by atoms with Gasteiger partial charge in [0, 0.05) is 6.42 Å². The van der Waals surface area contributed by atoms with Crippen LogP contribution < -0.4 is 9.47 Å². The van der Waals surface area contributed by atoms with Gasteiger partial charge in [0.1, 0.15) is 30.3 Å². The maximum atomic E-state index is 13.0. The zero-order valence-electron chi connectivity index (χ0n) is 24.2. The molecule has 0 aromatic heterocycles. The minimum Gasteiger partial charge on any atom is -0.491 e. The summed E-state index contributed by atoms with van der Waals surface area (Å²) in [6, 6.07) is 22.0. The fourth-order valence-electron chi connectivity index (χ4n) is 5.61. The molecule has 1 fully saturated rings. The Bertz CT molecular complexity index is 1340. The summed E-state index contributed by atoms with van der Waals surface area (Å²) in [6.07, 6.45) is 0.383. The average Bonchev–Trinajstić information content (AvgIpc) is 3.56. The van der Waals surface area contributed by atoms with Gasteiger partial charge in [0.05, 0.1) is 19.3 Å². The Morgan fingerprint density at radius 3 is 2.00 bits per heavy atom. The third-order valence-corrected chi connectivity index (χ3v) is 7.86. The normalized spacial score (nSPS) is 20.7. The van der Waals surface area contributed by atoms with Crippen molar-refractivity contribution in [2.45, 2.75) is 65.3 Å². The molecule has 0 unspecified atom stereocenters. The molecule has 0 radical (unpaired) electrons. The van der Waals surface area contributed by atoms with Gasteiger partial charge in [-0.3, -0.25) is 9.59 Å². The van der Waals surface area contributed by atoms with Crippen LogP contribution in [0.25, 0.3) is 0 Å². The molecule has 1 aliphatic heterocycles. The van der Waals surface area contributed by atoms with Gasteiger partial charge in [0.25, 0.3) is 0 Å². The molecule has 3 atom stereocenters. The lowest BCUT2D eigenvalue weighted by molar-refractivity contribution is -0.171. The number of carbonyl (C=O) groups excluding carboxylic acids is 2. The molecular formula is C34H38O7. The van der Waals surface area contributed by atoms with Crippen LogP contribution in [-0.2, 0) is 36.6 Å². The van der Waals surface area contributed by atoms with E-state index in [1.807, 2.05) is 80.6 Å². The molecule has 5 rings (SSSR count). The lowest BCUT2D eigenvalue weighted by atomic mass is 9.84. The summed E-state index contributed by atoms with van der Waals surface area (Å²) in [6.45, 7) is 8.31. The van der Waals surface area contributed by atoms with Crippen molar-refractivity contribution in [3.05, 3.63) is 94.5 Å². The van der Waals surface area contributed by atoms with Crippen LogP contribution in [0.15, 0.2) is 66.7 Å². The molecule has 0 N–H and O–H groups in total. The highest BCUT2D eigenvalue weighted by Crippen LogP contribution is 2.42. The summed E-state index contributed by atoms with van der Waals surface area (Å²) in [4.78, 5) is 26.0.